The Labute approximate surface area is 190 Å². The highest BCUT2D eigenvalue weighted by atomic mass is 32.2. The molecule has 0 aliphatic rings. The SMILES string of the molecule is Cc1ccc(-c2cnc(SCc3csc(CC(=O)N(C)C)n3)n2-c2ccccc2)cc1. The summed E-state index contributed by atoms with van der Waals surface area (Å²) in [5, 5.41) is 3.80. The predicted octanol–water partition coefficient (Wildman–Crippen LogP) is 5.23. The fourth-order valence-corrected chi connectivity index (χ4v) is 4.89. The molecule has 2 aromatic carbocycles. The monoisotopic (exact) mass is 448 g/mol. The summed E-state index contributed by atoms with van der Waals surface area (Å²) in [6.07, 6.45) is 2.28. The van der Waals surface area contributed by atoms with Gasteiger partial charge < -0.3 is 4.90 Å². The first kappa shape index (κ1) is 21.3. The van der Waals surface area contributed by atoms with Crippen molar-refractivity contribution in [1.82, 2.24) is 19.4 Å². The van der Waals surface area contributed by atoms with E-state index in [2.05, 4.69) is 52.9 Å². The smallest absolute Gasteiger partial charge is 0.228 e. The molecule has 0 radical (unpaired) electrons. The second-order valence-corrected chi connectivity index (χ2v) is 9.33. The van der Waals surface area contributed by atoms with Gasteiger partial charge in [-0.25, -0.2) is 9.97 Å². The van der Waals surface area contributed by atoms with E-state index in [1.807, 2.05) is 29.8 Å². The van der Waals surface area contributed by atoms with Crippen LogP contribution in [-0.4, -0.2) is 39.4 Å². The number of imidazole rings is 1. The number of thioether (sulfide) groups is 1. The van der Waals surface area contributed by atoms with Crippen molar-refractivity contribution >= 4 is 29.0 Å². The number of thiazole rings is 1. The molecule has 5 nitrogen and oxygen atoms in total. The summed E-state index contributed by atoms with van der Waals surface area (Å²) in [6.45, 7) is 2.09. The van der Waals surface area contributed by atoms with Crippen LogP contribution in [0.3, 0.4) is 0 Å². The van der Waals surface area contributed by atoms with Gasteiger partial charge in [0.15, 0.2) is 5.16 Å². The van der Waals surface area contributed by atoms with Gasteiger partial charge in [0, 0.05) is 36.5 Å². The van der Waals surface area contributed by atoms with Crippen LogP contribution in [0.25, 0.3) is 16.9 Å². The van der Waals surface area contributed by atoms with E-state index in [4.69, 9.17) is 4.98 Å². The molecule has 158 valence electrons. The van der Waals surface area contributed by atoms with Crippen LogP contribution in [0.1, 0.15) is 16.3 Å². The largest absolute Gasteiger partial charge is 0.348 e. The van der Waals surface area contributed by atoms with Crippen molar-refractivity contribution < 1.29 is 4.79 Å². The Morgan fingerprint density at radius 1 is 1.10 bits per heavy atom. The Morgan fingerprint density at radius 2 is 1.84 bits per heavy atom. The molecule has 0 saturated carbocycles. The number of likely N-dealkylation sites (N-methyl/N-ethyl adjacent to an activating group) is 1. The van der Waals surface area contributed by atoms with Crippen molar-refractivity contribution in [3.8, 4) is 16.9 Å². The molecule has 0 spiro atoms. The number of aromatic nitrogens is 3. The molecule has 0 bridgehead atoms. The molecule has 0 aliphatic carbocycles. The molecule has 2 heterocycles. The summed E-state index contributed by atoms with van der Waals surface area (Å²) >= 11 is 3.19. The van der Waals surface area contributed by atoms with Gasteiger partial charge in [-0.3, -0.25) is 9.36 Å². The molecule has 2 aromatic heterocycles. The zero-order chi connectivity index (χ0) is 21.8. The van der Waals surface area contributed by atoms with Crippen molar-refractivity contribution in [2.45, 2.75) is 24.3 Å². The summed E-state index contributed by atoms with van der Waals surface area (Å²) in [7, 11) is 3.53. The highest BCUT2D eigenvalue weighted by Gasteiger charge is 2.15. The van der Waals surface area contributed by atoms with Crippen LogP contribution < -0.4 is 0 Å². The lowest BCUT2D eigenvalue weighted by atomic mass is 10.1. The van der Waals surface area contributed by atoms with Crippen LogP contribution in [0.15, 0.2) is 71.3 Å². The van der Waals surface area contributed by atoms with Gasteiger partial charge >= 0.3 is 0 Å². The van der Waals surface area contributed by atoms with Gasteiger partial charge in [0.05, 0.1) is 24.0 Å². The summed E-state index contributed by atoms with van der Waals surface area (Å²) in [5.74, 6) is 0.764. The van der Waals surface area contributed by atoms with Gasteiger partial charge in [0.25, 0.3) is 0 Å². The minimum absolute atomic E-state index is 0.0657. The number of nitrogens with zero attached hydrogens (tertiary/aromatic N) is 4. The number of amides is 1. The quantitative estimate of drug-likeness (QED) is 0.363. The molecule has 7 heteroatoms. The van der Waals surface area contributed by atoms with E-state index in [0.717, 1.165) is 32.8 Å². The maximum atomic E-state index is 11.9. The van der Waals surface area contributed by atoms with E-state index in [0.29, 0.717) is 12.2 Å². The van der Waals surface area contributed by atoms with Crippen LogP contribution in [0.4, 0.5) is 0 Å². The topological polar surface area (TPSA) is 51.0 Å². The Morgan fingerprint density at radius 3 is 2.55 bits per heavy atom. The normalized spacial score (nSPS) is 10.9. The zero-order valence-corrected chi connectivity index (χ0v) is 19.4. The number of para-hydroxylation sites is 1. The number of carbonyl (C=O) groups is 1. The Hall–Kier alpha value is -2.90. The Kier molecular flexibility index (Phi) is 6.53. The average molecular weight is 449 g/mol. The van der Waals surface area contributed by atoms with E-state index in [1.165, 1.54) is 16.9 Å². The molecular weight excluding hydrogens is 424 g/mol. The molecule has 0 N–H and O–H groups in total. The van der Waals surface area contributed by atoms with Gasteiger partial charge in [-0.05, 0) is 19.1 Å². The molecule has 4 aromatic rings. The zero-order valence-electron chi connectivity index (χ0n) is 17.8. The van der Waals surface area contributed by atoms with Crippen LogP contribution in [0.2, 0.25) is 0 Å². The lowest BCUT2D eigenvalue weighted by Crippen LogP contribution is -2.23. The highest BCUT2D eigenvalue weighted by molar-refractivity contribution is 7.98. The second-order valence-electron chi connectivity index (χ2n) is 7.45. The van der Waals surface area contributed by atoms with E-state index in [1.54, 1.807) is 30.8 Å². The minimum atomic E-state index is 0.0657. The highest BCUT2D eigenvalue weighted by Crippen LogP contribution is 2.31. The Balaban J connectivity index is 1.58. The van der Waals surface area contributed by atoms with Crippen molar-refractivity contribution in [3.05, 3.63) is 82.4 Å². The van der Waals surface area contributed by atoms with Gasteiger partial charge in [0.1, 0.15) is 5.01 Å². The summed E-state index contributed by atoms with van der Waals surface area (Å²) in [5.41, 5.74) is 5.47. The summed E-state index contributed by atoms with van der Waals surface area (Å²) in [6, 6.07) is 18.8. The van der Waals surface area contributed by atoms with E-state index in [-0.39, 0.29) is 5.91 Å². The van der Waals surface area contributed by atoms with E-state index < -0.39 is 0 Å². The lowest BCUT2D eigenvalue weighted by molar-refractivity contribution is -0.127. The maximum absolute atomic E-state index is 11.9. The first-order valence-electron chi connectivity index (χ1n) is 9.97. The number of carbonyl (C=O) groups excluding carboxylic acids is 1. The van der Waals surface area contributed by atoms with Gasteiger partial charge in [-0.2, -0.15) is 0 Å². The second kappa shape index (κ2) is 9.49. The van der Waals surface area contributed by atoms with E-state index >= 15 is 0 Å². The molecule has 0 unspecified atom stereocenters. The standard InChI is InChI=1S/C24H24N4OS2/c1-17-9-11-18(12-10-17)21-14-25-24(28(21)20-7-5-4-6-8-20)31-16-19-15-30-22(26-19)13-23(29)27(2)3/h4-12,14-15H,13,16H2,1-3H3. The Bertz CT molecular complexity index is 1160. The molecule has 0 saturated heterocycles. The van der Waals surface area contributed by atoms with Crippen molar-refractivity contribution in [3.63, 3.8) is 0 Å². The van der Waals surface area contributed by atoms with Crippen molar-refractivity contribution in [2.24, 2.45) is 0 Å². The lowest BCUT2D eigenvalue weighted by Gasteiger charge is -2.12. The molecule has 1 amide bonds. The van der Waals surface area contributed by atoms with Gasteiger partial charge in [-0.15, -0.1) is 11.3 Å². The van der Waals surface area contributed by atoms with Gasteiger partial charge in [0.2, 0.25) is 5.91 Å². The molecule has 4 rings (SSSR count). The number of hydrogen-bond donors (Lipinski definition) is 0. The third kappa shape index (κ3) is 5.06. The third-order valence-electron chi connectivity index (χ3n) is 4.84. The first-order valence-corrected chi connectivity index (χ1v) is 11.8. The molecule has 0 atom stereocenters. The number of benzene rings is 2. The predicted molar refractivity (Wildman–Crippen MR) is 128 cm³/mol. The fourth-order valence-electron chi connectivity index (χ4n) is 3.11. The maximum Gasteiger partial charge on any atom is 0.228 e. The third-order valence-corrected chi connectivity index (χ3v) is 6.72. The first-order chi connectivity index (χ1) is 15.0. The van der Waals surface area contributed by atoms with Gasteiger partial charge in [-0.1, -0.05) is 59.8 Å². The van der Waals surface area contributed by atoms with Crippen molar-refractivity contribution in [1.29, 1.82) is 0 Å². The van der Waals surface area contributed by atoms with Crippen LogP contribution in [0, 0.1) is 6.92 Å². The minimum Gasteiger partial charge on any atom is -0.348 e. The van der Waals surface area contributed by atoms with Crippen molar-refractivity contribution in [2.75, 3.05) is 14.1 Å². The molecule has 0 aliphatic heterocycles. The molecule has 31 heavy (non-hydrogen) atoms. The van der Waals surface area contributed by atoms with Crippen LogP contribution in [-0.2, 0) is 17.0 Å². The average Bonchev–Trinajstić information content (AvgIpc) is 3.40. The summed E-state index contributed by atoms with van der Waals surface area (Å²) in [4.78, 5) is 22.9. The van der Waals surface area contributed by atoms with E-state index in [9.17, 15) is 4.79 Å². The number of hydrogen-bond acceptors (Lipinski definition) is 5. The fraction of sp³-hybridized carbons (Fsp3) is 0.208. The van der Waals surface area contributed by atoms with Crippen LogP contribution in [0.5, 0.6) is 0 Å². The molecule has 0 fully saturated rings. The summed E-state index contributed by atoms with van der Waals surface area (Å²) < 4.78 is 2.19. The number of rotatable bonds is 7. The van der Waals surface area contributed by atoms with Crippen LogP contribution >= 0.6 is 23.1 Å². The molecular formula is C24H24N4OS2. The number of aryl methyl sites for hydroxylation is 1.